The van der Waals surface area contributed by atoms with Crippen molar-refractivity contribution < 1.29 is 23.3 Å². The Balaban J connectivity index is 1.85. The van der Waals surface area contributed by atoms with Crippen LogP contribution in [-0.2, 0) is 22.2 Å². The van der Waals surface area contributed by atoms with E-state index in [-0.39, 0.29) is 24.1 Å². The minimum Gasteiger partial charge on any atom is -0.465 e. The van der Waals surface area contributed by atoms with Gasteiger partial charge in [0.1, 0.15) is 11.9 Å². The van der Waals surface area contributed by atoms with E-state index < -0.39 is 34.9 Å². The van der Waals surface area contributed by atoms with E-state index in [9.17, 15) is 24.2 Å². The number of halogens is 1. The molecule has 39 heavy (non-hydrogen) atoms. The van der Waals surface area contributed by atoms with Crippen LogP contribution in [0.5, 0.6) is 0 Å². The first kappa shape index (κ1) is 28.7. The molecule has 1 aliphatic heterocycles. The van der Waals surface area contributed by atoms with E-state index >= 15 is 4.39 Å². The predicted octanol–water partition coefficient (Wildman–Crippen LogP) is 5.17. The van der Waals surface area contributed by atoms with E-state index in [4.69, 9.17) is 0 Å². The van der Waals surface area contributed by atoms with E-state index in [1.807, 2.05) is 31.1 Å². The average Bonchev–Trinajstić information content (AvgIpc) is 3.59. The molecule has 2 amide bonds. The minimum absolute atomic E-state index is 0.0709. The van der Waals surface area contributed by atoms with Gasteiger partial charge in [0, 0.05) is 12.1 Å². The number of likely N-dealkylation sites (tertiary alicyclic amines) is 1. The molecule has 2 fully saturated rings. The number of thiol groups is 1. The topological polar surface area (TPSA) is 114 Å². The number of nitrogens with zero attached hydrogens (tertiary/aromatic N) is 3. The van der Waals surface area contributed by atoms with Crippen molar-refractivity contribution in [2.45, 2.75) is 76.4 Å². The molecule has 208 valence electrons. The summed E-state index contributed by atoms with van der Waals surface area (Å²) in [7, 11) is 0. The van der Waals surface area contributed by atoms with Crippen molar-refractivity contribution in [3.63, 3.8) is 0 Å². The molecular formula is C29H35FN4O4S. The maximum absolute atomic E-state index is 15.2. The SMILES string of the molecule is CC(C)(C)N([SH]=O)[C@](CCC1CC1)(c1cccc(C#N)c1)c1ccc(F)c(NC(=O)[C@H]2CCCN2C(=O)O)c1. The molecule has 0 unspecified atom stereocenters. The zero-order chi connectivity index (χ0) is 28.4. The maximum atomic E-state index is 15.2. The van der Waals surface area contributed by atoms with Gasteiger partial charge in [0.05, 0.1) is 34.7 Å². The Morgan fingerprint density at radius 1 is 1.18 bits per heavy atom. The summed E-state index contributed by atoms with van der Waals surface area (Å²) in [6, 6.07) is 12.9. The summed E-state index contributed by atoms with van der Waals surface area (Å²) in [5.41, 5.74) is 0.139. The number of nitrogens with one attached hydrogen (secondary N) is 1. The van der Waals surface area contributed by atoms with Crippen molar-refractivity contribution in [1.82, 2.24) is 9.21 Å². The molecule has 1 saturated carbocycles. The first-order valence-electron chi connectivity index (χ1n) is 13.3. The van der Waals surface area contributed by atoms with Gasteiger partial charge in [-0.1, -0.05) is 31.0 Å². The predicted molar refractivity (Wildman–Crippen MR) is 148 cm³/mol. The van der Waals surface area contributed by atoms with Crippen LogP contribution in [-0.4, -0.2) is 48.6 Å². The van der Waals surface area contributed by atoms with Crippen LogP contribution in [0.3, 0.4) is 0 Å². The molecule has 0 spiro atoms. The Labute approximate surface area is 232 Å². The molecule has 0 bridgehead atoms. The molecule has 2 aromatic rings. The van der Waals surface area contributed by atoms with Gasteiger partial charge in [-0.25, -0.2) is 17.7 Å². The van der Waals surface area contributed by atoms with Crippen LogP contribution in [0.4, 0.5) is 14.9 Å². The highest BCUT2D eigenvalue weighted by atomic mass is 32.2. The number of amides is 2. The summed E-state index contributed by atoms with van der Waals surface area (Å²) in [6.07, 6.45) is 3.36. The monoisotopic (exact) mass is 554 g/mol. The first-order chi connectivity index (χ1) is 18.5. The number of benzene rings is 2. The quantitative estimate of drug-likeness (QED) is 0.370. The van der Waals surface area contributed by atoms with Gasteiger partial charge in [-0.15, -0.1) is 0 Å². The number of carbonyl (C=O) groups excluding carboxylic acids is 1. The van der Waals surface area contributed by atoms with Crippen molar-refractivity contribution >= 4 is 29.5 Å². The Hall–Kier alpha value is -3.29. The molecule has 4 rings (SSSR count). The van der Waals surface area contributed by atoms with Gasteiger partial charge >= 0.3 is 6.09 Å². The van der Waals surface area contributed by atoms with Crippen LogP contribution in [0.15, 0.2) is 42.5 Å². The van der Waals surface area contributed by atoms with Crippen molar-refractivity contribution in [2.24, 2.45) is 5.92 Å². The first-order valence-corrected chi connectivity index (χ1v) is 14.0. The zero-order valence-corrected chi connectivity index (χ0v) is 23.4. The number of rotatable bonds is 9. The Morgan fingerprint density at radius 3 is 2.51 bits per heavy atom. The summed E-state index contributed by atoms with van der Waals surface area (Å²) < 4.78 is 29.9. The number of nitriles is 1. The largest absolute Gasteiger partial charge is 0.465 e. The highest BCUT2D eigenvalue weighted by molar-refractivity contribution is 7.63. The summed E-state index contributed by atoms with van der Waals surface area (Å²) in [5, 5.41) is 21.7. The Kier molecular flexibility index (Phi) is 8.42. The smallest absolute Gasteiger partial charge is 0.407 e. The van der Waals surface area contributed by atoms with E-state index in [1.54, 1.807) is 30.3 Å². The number of carboxylic acid groups (broad SMARTS) is 1. The second-order valence-corrected chi connectivity index (χ2v) is 12.0. The van der Waals surface area contributed by atoms with Crippen molar-refractivity contribution in [1.29, 1.82) is 5.26 Å². The van der Waals surface area contributed by atoms with Crippen molar-refractivity contribution in [3.8, 4) is 6.07 Å². The number of hydrogen-bond acceptors (Lipinski definition) is 4. The molecule has 2 aliphatic rings. The number of anilines is 1. The maximum Gasteiger partial charge on any atom is 0.407 e. The molecule has 2 N–H and O–H groups in total. The fraction of sp³-hybridized carbons (Fsp3) is 0.483. The third-order valence-electron chi connectivity index (χ3n) is 7.66. The fourth-order valence-corrected chi connectivity index (χ4v) is 6.31. The molecular weight excluding hydrogens is 519 g/mol. The van der Waals surface area contributed by atoms with Gasteiger partial charge in [0.25, 0.3) is 0 Å². The Morgan fingerprint density at radius 2 is 1.90 bits per heavy atom. The number of hydrogen-bond donors (Lipinski definition) is 3. The standard InChI is InChI=1S/C29H35FN4O4S/c1-28(2,3)34(39-38)29(14-13-19-9-10-19,21-7-4-6-20(16-21)18-31)22-11-12-23(30)24(17-22)32-26(35)25-8-5-15-33(25)27(36)37/h4,6-7,11-12,16-17,19,25,39H,5,8-10,13-15H2,1-3H3,(H,32,35)(H,36,37)/t25-,29-/m1/s1. The van der Waals surface area contributed by atoms with E-state index in [2.05, 4.69) is 11.4 Å². The normalized spacial score (nSPS) is 19.0. The van der Waals surface area contributed by atoms with Gasteiger partial charge in [0.2, 0.25) is 5.91 Å². The highest BCUT2D eigenvalue weighted by Crippen LogP contribution is 2.47. The molecule has 0 aromatic heterocycles. The minimum atomic E-state index is -1.19. The van der Waals surface area contributed by atoms with Crippen LogP contribution in [0.2, 0.25) is 0 Å². The average molecular weight is 555 g/mol. The molecule has 1 aliphatic carbocycles. The third-order valence-corrected chi connectivity index (χ3v) is 8.77. The van der Waals surface area contributed by atoms with Crippen LogP contribution in [0.25, 0.3) is 0 Å². The second-order valence-electron chi connectivity index (χ2n) is 11.4. The molecule has 2 atom stereocenters. The lowest BCUT2D eigenvalue weighted by Crippen LogP contribution is -2.54. The lowest BCUT2D eigenvalue weighted by molar-refractivity contribution is -0.119. The van der Waals surface area contributed by atoms with E-state index in [1.165, 1.54) is 6.07 Å². The molecule has 1 saturated heterocycles. The van der Waals surface area contributed by atoms with E-state index in [0.717, 1.165) is 29.7 Å². The van der Waals surface area contributed by atoms with Crippen molar-refractivity contribution in [2.75, 3.05) is 11.9 Å². The molecule has 1 heterocycles. The van der Waals surface area contributed by atoms with Gasteiger partial charge in [-0.05, 0) is 87.8 Å². The van der Waals surface area contributed by atoms with Crippen LogP contribution >= 0.6 is 0 Å². The molecule has 2 aromatic carbocycles. The highest BCUT2D eigenvalue weighted by Gasteiger charge is 2.46. The summed E-state index contributed by atoms with van der Waals surface area (Å²) in [6.45, 7) is 6.10. The summed E-state index contributed by atoms with van der Waals surface area (Å²) >= 11 is -0.243. The molecule has 0 radical (unpaired) electrons. The van der Waals surface area contributed by atoms with Crippen molar-refractivity contribution in [3.05, 3.63) is 65.0 Å². The number of carbonyl (C=O) groups is 2. The van der Waals surface area contributed by atoms with Crippen LogP contribution < -0.4 is 5.32 Å². The lowest BCUT2D eigenvalue weighted by Gasteiger charge is -2.48. The van der Waals surface area contributed by atoms with Gasteiger partial charge in [-0.2, -0.15) is 5.26 Å². The van der Waals surface area contributed by atoms with Crippen LogP contribution in [0.1, 0.15) is 76.0 Å². The third kappa shape index (κ3) is 5.99. The van der Waals surface area contributed by atoms with Gasteiger partial charge in [-0.3, -0.25) is 9.69 Å². The summed E-state index contributed by atoms with van der Waals surface area (Å²) in [5.74, 6) is -0.705. The second kappa shape index (κ2) is 11.4. The summed E-state index contributed by atoms with van der Waals surface area (Å²) in [4.78, 5) is 25.7. The van der Waals surface area contributed by atoms with Crippen LogP contribution in [0, 0.1) is 23.1 Å². The Bertz CT molecular complexity index is 1300. The molecule has 10 heteroatoms. The fourth-order valence-electron chi connectivity index (χ4n) is 5.60. The van der Waals surface area contributed by atoms with E-state index in [0.29, 0.717) is 36.3 Å². The lowest BCUT2D eigenvalue weighted by atomic mass is 9.76. The van der Waals surface area contributed by atoms with Gasteiger partial charge in [0.15, 0.2) is 0 Å². The van der Waals surface area contributed by atoms with Gasteiger partial charge < -0.3 is 10.4 Å². The molecule has 8 nitrogen and oxygen atoms in total. The zero-order valence-electron chi connectivity index (χ0n) is 22.5.